The van der Waals surface area contributed by atoms with Crippen LogP contribution in [-0.2, 0) is 4.74 Å². The smallest absolute Gasteiger partial charge is 0.410 e. The average molecular weight is 261 g/mol. The lowest BCUT2D eigenvalue weighted by Crippen LogP contribution is -2.49. The molecule has 1 N–H and O–H groups in total. The Balaban J connectivity index is 2.55. The number of rotatable bonds is 3. The van der Waals surface area contributed by atoms with Crippen LogP contribution in [0.1, 0.15) is 46.5 Å². The van der Waals surface area contributed by atoms with Crippen LogP contribution < -0.4 is 0 Å². The van der Waals surface area contributed by atoms with Gasteiger partial charge in [0.15, 0.2) is 0 Å². The van der Waals surface area contributed by atoms with Crippen LogP contribution in [0.5, 0.6) is 0 Å². The molecule has 1 amide bonds. The van der Waals surface area contributed by atoms with Crippen molar-refractivity contribution in [1.29, 1.82) is 0 Å². The highest BCUT2D eigenvalue weighted by atomic mass is 19.1. The zero-order valence-electron chi connectivity index (χ0n) is 11.5. The molecule has 1 aliphatic rings. The van der Waals surface area contributed by atoms with E-state index in [9.17, 15) is 9.18 Å². The van der Waals surface area contributed by atoms with Crippen LogP contribution in [0.15, 0.2) is 0 Å². The minimum absolute atomic E-state index is 0.0158. The van der Waals surface area contributed by atoms with Crippen LogP contribution in [0, 0.1) is 0 Å². The van der Waals surface area contributed by atoms with Crippen molar-refractivity contribution in [2.45, 2.75) is 57.7 Å². The number of carbonyl (C=O) groups is 1. The first kappa shape index (κ1) is 15.2. The second kappa shape index (κ2) is 5.87. The summed E-state index contributed by atoms with van der Waals surface area (Å²) in [6.07, 6.45) is 1.36. The number of likely N-dealkylation sites (tertiary alicyclic amines) is 1. The molecule has 0 aromatic rings. The number of alkyl halides is 1. The molecule has 5 heteroatoms. The second-order valence-corrected chi connectivity index (χ2v) is 5.98. The van der Waals surface area contributed by atoms with Gasteiger partial charge >= 0.3 is 6.09 Å². The summed E-state index contributed by atoms with van der Waals surface area (Å²) in [5.74, 6) is 0. The van der Waals surface area contributed by atoms with Crippen molar-refractivity contribution in [1.82, 2.24) is 4.90 Å². The molecule has 0 bridgehead atoms. The fourth-order valence-corrected chi connectivity index (χ4v) is 2.17. The third-order valence-electron chi connectivity index (χ3n) is 2.96. The monoisotopic (exact) mass is 261 g/mol. The van der Waals surface area contributed by atoms with E-state index in [1.165, 1.54) is 4.90 Å². The van der Waals surface area contributed by atoms with Gasteiger partial charge < -0.3 is 14.7 Å². The van der Waals surface area contributed by atoms with Crippen molar-refractivity contribution in [2.75, 3.05) is 19.7 Å². The first-order chi connectivity index (χ1) is 8.26. The first-order valence-electron chi connectivity index (χ1n) is 6.53. The highest BCUT2D eigenvalue weighted by molar-refractivity contribution is 5.68. The molecule has 106 valence electrons. The van der Waals surface area contributed by atoms with Crippen molar-refractivity contribution in [3.8, 4) is 0 Å². The third-order valence-corrected chi connectivity index (χ3v) is 2.96. The van der Waals surface area contributed by atoms with E-state index >= 15 is 0 Å². The summed E-state index contributed by atoms with van der Waals surface area (Å²) in [6, 6.07) is 0. The van der Waals surface area contributed by atoms with Crippen LogP contribution in [0.3, 0.4) is 0 Å². The molecule has 0 saturated carbocycles. The van der Waals surface area contributed by atoms with Gasteiger partial charge in [-0.2, -0.15) is 0 Å². The van der Waals surface area contributed by atoms with Crippen LogP contribution >= 0.6 is 0 Å². The average Bonchev–Trinajstić information content (AvgIpc) is 2.24. The maximum absolute atomic E-state index is 14.4. The van der Waals surface area contributed by atoms with Crippen molar-refractivity contribution in [2.24, 2.45) is 0 Å². The lowest BCUT2D eigenvalue weighted by Gasteiger charge is -2.38. The molecule has 0 aromatic carbocycles. The van der Waals surface area contributed by atoms with Gasteiger partial charge in [-0.05, 0) is 46.5 Å². The molecule has 4 nitrogen and oxygen atoms in total. The molecule has 1 fully saturated rings. The molecule has 1 atom stereocenters. The van der Waals surface area contributed by atoms with Crippen molar-refractivity contribution in [3.63, 3.8) is 0 Å². The van der Waals surface area contributed by atoms with Crippen molar-refractivity contribution < 1.29 is 19.0 Å². The van der Waals surface area contributed by atoms with E-state index in [0.717, 1.165) is 0 Å². The Kier molecular flexibility index (Phi) is 4.96. The predicted molar refractivity (Wildman–Crippen MR) is 67.2 cm³/mol. The Morgan fingerprint density at radius 2 is 2.17 bits per heavy atom. The Bertz CT molecular complexity index is 290. The Labute approximate surface area is 108 Å². The first-order valence-corrected chi connectivity index (χ1v) is 6.53. The lowest BCUT2D eigenvalue weighted by molar-refractivity contribution is -0.00902. The van der Waals surface area contributed by atoms with E-state index in [4.69, 9.17) is 9.84 Å². The SMILES string of the molecule is CC(C)(C)OC(=O)N1CCCC(F)(CCCO)C1. The van der Waals surface area contributed by atoms with E-state index in [0.29, 0.717) is 32.2 Å². The van der Waals surface area contributed by atoms with Crippen molar-refractivity contribution in [3.05, 3.63) is 0 Å². The molecule has 1 aliphatic heterocycles. The van der Waals surface area contributed by atoms with Gasteiger partial charge in [-0.1, -0.05) is 0 Å². The molecule has 0 spiro atoms. The van der Waals surface area contributed by atoms with Crippen LogP contribution in [0.25, 0.3) is 0 Å². The number of nitrogens with zero attached hydrogens (tertiary/aromatic N) is 1. The van der Waals surface area contributed by atoms with Crippen LogP contribution in [-0.4, -0.2) is 47.1 Å². The Morgan fingerprint density at radius 1 is 1.50 bits per heavy atom. The number of hydrogen-bond acceptors (Lipinski definition) is 3. The van der Waals surface area contributed by atoms with Gasteiger partial charge in [0.2, 0.25) is 0 Å². The summed E-state index contributed by atoms with van der Waals surface area (Å²) in [6.45, 7) is 5.98. The number of amides is 1. The van der Waals surface area contributed by atoms with Gasteiger partial charge in [0, 0.05) is 13.2 Å². The fraction of sp³-hybridized carbons (Fsp3) is 0.923. The number of ether oxygens (including phenoxy) is 1. The summed E-state index contributed by atoms with van der Waals surface area (Å²) in [4.78, 5) is 13.3. The molecule has 1 rings (SSSR count). The van der Waals surface area contributed by atoms with Gasteiger partial charge in [0.1, 0.15) is 11.3 Å². The Morgan fingerprint density at radius 3 is 2.72 bits per heavy atom. The quantitative estimate of drug-likeness (QED) is 0.849. The zero-order valence-corrected chi connectivity index (χ0v) is 11.5. The van der Waals surface area contributed by atoms with Crippen LogP contribution in [0.2, 0.25) is 0 Å². The van der Waals surface area contributed by atoms with Crippen LogP contribution in [0.4, 0.5) is 9.18 Å². The number of halogens is 1. The number of aliphatic hydroxyl groups is 1. The molecular weight excluding hydrogens is 237 g/mol. The summed E-state index contributed by atoms with van der Waals surface area (Å²) in [5, 5.41) is 8.77. The van der Waals surface area contributed by atoms with Gasteiger partial charge in [-0.15, -0.1) is 0 Å². The minimum atomic E-state index is -1.38. The number of piperidine rings is 1. The standard InChI is InChI=1S/C13H24FNO3/c1-12(2,3)18-11(17)15-8-4-6-13(14,10-15)7-5-9-16/h16H,4-10H2,1-3H3. The second-order valence-electron chi connectivity index (χ2n) is 5.98. The molecule has 1 heterocycles. The predicted octanol–water partition coefficient (Wildman–Crippen LogP) is 2.50. The normalized spacial score (nSPS) is 25.1. The molecular formula is C13H24FNO3. The van der Waals surface area contributed by atoms with E-state index in [1.807, 2.05) is 0 Å². The largest absolute Gasteiger partial charge is 0.444 e. The van der Waals surface area contributed by atoms with E-state index in [1.54, 1.807) is 20.8 Å². The molecule has 18 heavy (non-hydrogen) atoms. The van der Waals surface area contributed by atoms with E-state index in [-0.39, 0.29) is 13.2 Å². The van der Waals surface area contributed by atoms with Gasteiger partial charge in [-0.25, -0.2) is 9.18 Å². The van der Waals surface area contributed by atoms with E-state index < -0.39 is 17.4 Å². The highest BCUT2D eigenvalue weighted by Crippen LogP contribution is 2.30. The highest BCUT2D eigenvalue weighted by Gasteiger charge is 2.38. The summed E-state index contributed by atoms with van der Waals surface area (Å²) >= 11 is 0. The van der Waals surface area contributed by atoms with E-state index in [2.05, 4.69) is 0 Å². The summed E-state index contributed by atoms with van der Waals surface area (Å²) < 4.78 is 19.7. The molecule has 0 radical (unpaired) electrons. The van der Waals surface area contributed by atoms with Crippen molar-refractivity contribution >= 4 is 6.09 Å². The molecule has 1 unspecified atom stereocenters. The minimum Gasteiger partial charge on any atom is -0.444 e. The molecule has 0 aromatic heterocycles. The fourth-order valence-electron chi connectivity index (χ4n) is 2.17. The number of aliphatic hydroxyl groups excluding tert-OH is 1. The maximum atomic E-state index is 14.4. The number of hydrogen-bond donors (Lipinski definition) is 1. The summed E-state index contributed by atoms with van der Waals surface area (Å²) in [5.41, 5.74) is -1.93. The van der Waals surface area contributed by atoms with Gasteiger partial charge in [-0.3, -0.25) is 0 Å². The third kappa shape index (κ3) is 4.80. The number of carbonyl (C=O) groups excluding carboxylic acids is 1. The summed E-state index contributed by atoms with van der Waals surface area (Å²) in [7, 11) is 0. The van der Waals surface area contributed by atoms with Gasteiger partial charge in [0.05, 0.1) is 6.54 Å². The Hall–Kier alpha value is -0.840. The molecule has 0 aliphatic carbocycles. The van der Waals surface area contributed by atoms with Gasteiger partial charge in [0.25, 0.3) is 0 Å². The lowest BCUT2D eigenvalue weighted by atomic mass is 9.90. The molecule has 1 saturated heterocycles. The maximum Gasteiger partial charge on any atom is 0.410 e. The zero-order chi connectivity index (χ0) is 13.8. The topological polar surface area (TPSA) is 49.8 Å².